The second kappa shape index (κ2) is 7.01. The number of likely N-dealkylation sites (tertiary alicyclic amines) is 1. The maximum absolute atomic E-state index is 12.1. The first-order valence-electron chi connectivity index (χ1n) is 7.67. The van der Waals surface area contributed by atoms with Crippen LogP contribution in [-0.4, -0.2) is 47.7 Å². The second-order valence-corrected chi connectivity index (χ2v) is 7.81. The number of hydrogen-bond acceptors (Lipinski definition) is 3. The van der Waals surface area contributed by atoms with Gasteiger partial charge in [0.1, 0.15) is 5.60 Å². The highest BCUT2D eigenvalue weighted by molar-refractivity contribution is 9.10. The summed E-state index contributed by atoms with van der Waals surface area (Å²) in [6, 6.07) is 8.63. The van der Waals surface area contributed by atoms with Gasteiger partial charge in [-0.1, -0.05) is 28.1 Å². The van der Waals surface area contributed by atoms with Gasteiger partial charge in [-0.3, -0.25) is 4.90 Å². The van der Waals surface area contributed by atoms with Crippen molar-refractivity contribution >= 4 is 22.0 Å². The van der Waals surface area contributed by atoms with Crippen molar-refractivity contribution in [1.82, 2.24) is 9.80 Å². The molecule has 1 aliphatic rings. The molecule has 1 aromatic rings. The molecule has 1 amide bonds. The quantitative estimate of drug-likeness (QED) is 0.811. The molecule has 0 unspecified atom stereocenters. The molecule has 122 valence electrons. The van der Waals surface area contributed by atoms with Crippen molar-refractivity contribution in [3.8, 4) is 0 Å². The van der Waals surface area contributed by atoms with Crippen molar-refractivity contribution in [2.75, 3.05) is 20.1 Å². The van der Waals surface area contributed by atoms with Crippen molar-refractivity contribution in [2.24, 2.45) is 0 Å². The summed E-state index contributed by atoms with van der Waals surface area (Å²) in [5.74, 6) is 0. The maximum Gasteiger partial charge on any atom is 0.410 e. The number of hydrogen-bond donors (Lipinski definition) is 0. The molecule has 0 aliphatic carbocycles. The Labute approximate surface area is 141 Å². The van der Waals surface area contributed by atoms with Gasteiger partial charge in [0, 0.05) is 37.2 Å². The molecule has 4 nitrogen and oxygen atoms in total. The van der Waals surface area contributed by atoms with E-state index in [2.05, 4.69) is 45.1 Å². The lowest BCUT2D eigenvalue weighted by molar-refractivity contribution is 0.0228. The van der Waals surface area contributed by atoms with Crippen molar-refractivity contribution in [3.05, 3.63) is 34.3 Å². The third kappa shape index (κ3) is 4.99. The topological polar surface area (TPSA) is 32.8 Å². The van der Waals surface area contributed by atoms with Crippen molar-refractivity contribution in [3.63, 3.8) is 0 Å². The lowest BCUT2D eigenvalue weighted by Crippen LogP contribution is -2.42. The zero-order valence-electron chi connectivity index (χ0n) is 13.8. The van der Waals surface area contributed by atoms with Crippen LogP contribution in [0, 0.1) is 0 Å². The molecule has 0 spiro atoms. The zero-order valence-corrected chi connectivity index (χ0v) is 15.4. The van der Waals surface area contributed by atoms with E-state index in [-0.39, 0.29) is 12.1 Å². The molecule has 1 atom stereocenters. The molecule has 1 aromatic carbocycles. The minimum absolute atomic E-state index is 0.227. The Hall–Kier alpha value is -1.07. The summed E-state index contributed by atoms with van der Waals surface area (Å²) in [6.45, 7) is 8.51. The zero-order chi connectivity index (χ0) is 16.3. The van der Waals surface area contributed by atoms with Crippen LogP contribution in [0.4, 0.5) is 4.79 Å². The van der Waals surface area contributed by atoms with Gasteiger partial charge in [0.15, 0.2) is 0 Å². The van der Waals surface area contributed by atoms with Crippen LogP contribution < -0.4 is 0 Å². The highest BCUT2D eigenvalue weighted by Crippen LogP contribution is 2.20. The summed E-state index contributed by atoms with van der Waals surface area (Å²) in [7, 11) is 1.84. The van der Waals surface area contributed by atoms with Gasteiger partial charge < -0.3 is 9.64 Å². The van der Waals surface area contributed by atoms with Crippen molar-refractivity contribution in [2.45, 2.75) is 45.4 Å². The van der Waals surface area contributed by atoms with Gasteiger partial charge >= 0.3 is 6.09 Å². The van der Waals surface area contributed by atoms with Gasteiger partial charge in [-0.05, 0) is 44.9 Å². The van der Waals surface area contributed by atoms with E-state index < -0.39 is 5.60 Å². The Morgan fingerprint density at radius 2 is 2.00 bits per heavy atom. The van der Waals surface area contributed by atoms with E-state index >= 15 is 0 Å². The molecular weight excluding hydrogens is 344 g/mol. The number of benzene rings is 1. The number of likely N-dealkylation sites (N-methyl/N-ethyl adjacent to an activating group) is 1. The lowest BCUT2D eigenvalue weighted by Gasteiger charge is -2.28. The van der Waals surface area contributed by atoms with Gasteiger partial charge in [0.25, 0.3) is 0 Å². The van der Waals surface area contributed by atoms with Gasteiger partial charge in [-0.15, -0.1) is 0 Å². The minimum atomic E-state index is -0.443. The summed E-state index contributed by atoms with van der Waals surface area (Å²) in [6.07, 6.45) is 0.759. The average molecular weight is 369 g/mol. The molecule has 0 aromatic heterocycles. The van der Waals surface area contributed by atoms with Crippen LogP contribution in [0.25, 0.3) is 0 Å². The highest BCUT2D eigenvalue weighted by Gasteiger charge is 2.30. The molecule has 5 heteroatoms. The summed E-state index contributed by atoms with van der Waals surface area (Å²) in [5.41, 5.74) is 0.852. The van der Waals surface area contributed by atoms with E-state index in [1.54, 1.807) is 4.90 Å². The molecule has 0 N–H and O–H groups in total. The van der Waals surface area contributed by atoms with Gasteiger partial charge in [0.05, 0.1) is 0 Å². The fourth-order valence-corrected chi connectivity index (χ4v) is 2.87. The highest BCUT2D eigenvalue weighted by atomic mass is 79.9. The van der Waals surface area contributed by atoms with Gasteiger partial charge in [0.2, 0.25) is 0 Å². The first-order valence-corrected chi connectivity index (χ1v) is 8.46. The summed E-state index contributed by atoms with van der Waals surface area (Å²) >= 11 is 3.45. The predicted octanol–water partition coefficient (Wildman–Crippen LogP) is 3.89. The van der Waals surface area contributed by atoms with Crippen LogP contribution in [-0.2, 0) is 11.3 Å². The molecule has 0 saturated carbocycles. The van der Waals surface area contributed by atoms with Gasteiger partial charge in [-0.2, -0.15) is 0 Å². The predicted molar refractivity (Wildman–Crippen MR) is 91.8 cm³/mol. The number of rotatable bonds is 3. The Bertz CT molecular complexity index is 510. The molecule has 1 saturated heterocycles. The van der Waals surface area contributed by atoms with E-state index in [1.165, 1.54) is 5.56 Å². The van der Waals surface area contributed by atoms with Crippen LogP contribution in [0.1, 0.15) is 32.8 Å². The van der Waals surface area contributed by atoms with E-state index in [1.807, 2.05) is 27.8 Å². The Morgan fingerprint density at radius 3 is 2.59 bits per heavy atom. The van der Waals surface area contributed by atoms with Crippen LogP contribution in [0.5, 0.6) is 0 Å². The number of ether oxygens (including phenoxy) is 1. The maximum atomic E-state index is 12.1. The van der Waals surface area contributed by atoms with Crippen LogP contribution in [0.15, 0.2) is 28.7 Å². The second-order valence-electron chi connectivity index (χ2n) is 6.90. The normalized spacial score (nSPS) is 19.2. The van der Waals surface area contributed by atoms with Crippen molar-refractivity contribution < 1.29 is 9.53 Å². The molecule has 1 fully saturated rings. The van der Waals surface area contributed by atoms with Gasteiger partial charge in [-0.25, -0.2) is 4.79 Å². The van der Waals surface area contributed by atoms with Crippen molar-refractivity contribution in [1.29, 1.82) is 0 Å². The summed E-state index contributed by atoms with van der Waals surface area (Å²) < 4.78 is 6.54. The number of halogens is 1. The summed E-state index contributed by atoms with van der Waals surface area (Å²) in [4.78, 5) is 16.3. The minimum Gasteiger partial charge on any atom is -0.444 e. The standard InChI is InChI=1S/C17H25BrN2O2/c1-17(2,3)22-16(21)19(4)15-9-10-20(12-15)11-13-5-7-14(18)8-6-13/h5-8,15H,9-12H2,1-4H3/t15-/m1/s1. The van der Waals surface area contributed by atoms with Crippen LogP contribution in [0.2, 0.25) is 0 Å². The number of nitrogens with zero attached hydrogens (tertiary/aromatic N) is 2. The first-order chi connectivity index (χ1) is 10.2. The SMILES string of the molecule is CN(C(=O)OC(C)(C)C)[C@@H]1CCN(Cc2ccc(Br)cc2)C1. The first kappa shape index (κ1) is 17.3. The largest absolute Gasteiger partial charge is 0.444 e. The molecule has 1 heterocycles. The molecule has 1 aliphatic heterocycles. The number of carbonyl (C=O) groups excluding carboxylic acids is 1. The monoisotopic (exact) mass is 368 g/mol. The third-order valence-corrected chi connectivity index (χ3v) is 4.32. The molecular formula is C17H25BrN2O2. The third-order valence-electron chi connectivity index (χ3n) is 3.80. The number of carbonyl (C=O) groups is 1. The number of amides is 1. The van der Waals surface area contributed by atoms with Crippen LogP contribution in [0.3, 0.4) is 0 Å². The lowest BCUT2D eigenvalue weighted by atomic mass is 10.2. The Morgan fingerprint density at radius 1 is 1.36 bits per heavy atom. The fourth-order valence-electron chi connectivity index (χ4n) is 2.60. The summed E-state index contributed by atoms with van der Waals surface area (Å²) in [5, 5.41) is 0. The Balaban J connectivity index is 1.86. The Kier molecular flexibility index (Phi) is 5.50. The smallest absolute Gasteiger partial charge is 0.410 e. The molecule has 22 heavy (non-hydrogen) atoms. The average Bonchev–Trinajstić information content (AvgIpc) is 2.87. The van der Waals surface area contributed by atoms with E-state index in [0.717, 1.165) is 30.5 Å². The van der Waals surface area contributed by atoms with Crippen LogP contribution >= 0.6 is 15.9 Å². The van der Waals surface area contributed by atoms with E-state index in [0.29, 0.717) is 0 Å². The molecule has 2 rings (SSSR count). The van der Waals surface area contributed by atoms with E-state index in [9.17, 15) is 4.79 Å². The fraction of sp³-hybridized carbons (Fsp3) is 0.588. The molecule has 0 radical (unpaired) electrons. The molecule has 0 bridgehead atoms. The van der Waals surface area contributed by atoms with E-state index in [4.69, 9.17) is 4.74 Å².